The first-order valence-electron chi connectivity index (χ1n) is 4.96. The number of primary amides is 1. The second-order valence-electron chi connectivity index (χ2n) is 3.49. The fourth-order valence-corrected chi connectivity index (χ4v) is 1.26. The summed E-state index contributed by atoms with van der Waals surface area (Å²) in [6, 6.07) is 3.26. The Bertz CT molecular complexity index is 498. The van der Waals surface area contributed by atoms with Crippen molar-refractivity contribution in [3.63, 3.8) is 0 Å². The number of hydrogen-bond acceptors (Lipinski definition) is 4. The van der Waals surface area contributed by atoms with Crippen LogP contribution in [0.2, 0.25) is 0 Å². The monoisotopic (exact) mass is 252 g/mol. The maximum Gasteiger partial charge on any atom is 0.335 e. The molecule has 0 bridgehead atoms. The first-order valence-corrected chi connectivity index (χ1v) is 4.96. The molecule has 7 nitrogen and oxygen atoms in total. The van der Waals surface area contributed by atoms with Gasteiger partial charge in [0.25, 0.3) is 5.91 Å². The van der Waals surface area contributed by atoms with E-state index < -0.39 is 17.9 Å². The molecule has 3 amide bonds. The number of aryl methyl sites for hydroxylation is 1. The number of benzene rings is 1. The molecule has 1 rings (SSSR count). The predicted molar refractivity (Wildman–Crippen MR) is 61.4 cm³/mol. The molecular weight excluding hydrogens is 240 g/mol. The average molecular weight is 252 g/mol. The molecule has 0 atom stereocenters. The van der Waals surface area contributed by atoms with Crippen molar-refractivity contribution in [2.24, 2.45) is 5.73 Å². The van der Waals surface area contributed by atoms with E-state index in [4.69, 9.17) is 15.6 Å². The van der Waals surface area contributed by atoms with E-state index in [1.54, 1.807) is 6.92 Å². The molecule has 0 saturated carbocycles. The highest BCUT2D eigenvalue weighted by Crippen LogP contribution is 2.18. The highest BCUT2D eigenvalue weighted by Gasteiger charge is 2.09. The smallest absolute Gasteiger partial charge is 0.335 e. The SMILES string of the molecule is Cc1cc(C(=O)O)ccc1OCC(=O)NC(N)=O. The van der Waals surface area contributed by atoms with Crippen LogP contribution in [0, 0.1) is 6.92 Å². The van der Waals surface area contributed by atoms with Gasteiger partial charge < -0.3 is 15.6 Å². The van der Waals surface area contributed by atoms with Gasteiger partial charge >= 0.3 is 12.0 Å². The van der Waals surface area contributed by atoms with Gasteiger partial charge in [0.05, 0.1) is 5.56 Å². The second kappa shape index (κ2) is 5.67. The minimum Gasteiger partial charge on any atom is -0.483 e. The number of carbonyl (C=O) groups is 3. The third kappa shape index (κ3) is 3.78. The quantitative estimate of drug-likeness (QED) is 0.710. The normalized spacial score (nSPS) is 9.61. The highest BCUT2D eigenvalue weighted by atomic mass is 16.5. The Balaban J connectivity index is 2.66. The summed E-state index contributed by atoms with van der Waals surface area (Å²) in [4.78, 5) is 32.2. The third-order valence-corrected chi connectivity index (χ3v) is 2.04. The van der Waals surface area contributed by atoms with Crippen LogP contribution in [0.25, 0.3) is 0 Å². The Labute approximate surface area is 103 Å². The Morgan fingerprint density at radius 2 is 2.06 bits per heavy atom. The van der Waals surface area contributed by atoms with Crippen LogP contribution < -0.4 is 15.8 Å². The molecule has 0 aromatic heterocycles. The van der Waals surface area contributed by atoms with Crippen molar-refractivity contribution in [3.05, 3.63) is 29.3 Å². The number of urea groups is 1. The molecule has 0 fully saturated rings. The van der Waals surface area contributed by atoms with Crippen LogP contribution in [0.1, 0.15) is 15.9 Å². The van der Waals surface area contributed by atoms with Crippen LogP contribution in [-0.4, -0.2) is 29.6 Å². The molecule has 1 aromatic rings. The molecule has 1 aromatic carbocycles. The molecule has 0 saturated heterocycles. The lowest BCUT2D eigenvalue weighted by molar-refractivity contribution is -0.121. The largest absolute Gasteiger partial charge is 0.483 e. The molecule has 0 spiro atoms. The van der Waals surface area contributed by atoms with Crippen molar-refractivity contribution in [1.29, 1.82) is 0 Å². The minimum absolute atomic E-state index is 0.126. The average Bonchev–Trinajstić information content (AvgIpc) is 2.26. The molecule has 0 aliphatic heterocycles. The summed E-state index contributed by atoms with van der Waals surface area (Å²) >= 11 is 0. The summed E-state index contributed by atoms with van der Waals surface area (Å²) in [5, 5.41) is 10.6. The highest BCUT2D eigenvalue weighted by molar-refractivity contribution is 5.94. The number of nitrogens with two attached hydrogens (primary N) is 1. The van der Waals surface area contributed by atoms with Crippen molar-refractivity contribution < 1.29 is 24.2 Å². The first kappa shape index (κ1) is 13.5. The zero-order chi connectivity index (χ0) is 13.7. The summed E-state index contributed by atoms with van der Waals surface area (Å²) in [6.07, 6.45) is 0. The predicted octanol–water partition coefficient (Wildman–Crippen LogP) is 0.267. The standard InChI is InChI=1S/C11H12N2O5/c1-6-4-7(10(15)16)2-3-8(6)18-5-9(14)13-11(12)17/h2-4H,5H2,1H3,(H,15,16)(H3,12,13,14,17). The van der Waals surface area contributed by atoms with Crippen LogP contribution in [0.5, 0.6) is 5.75 Å². The lowest BCUT2D eigenvalue weighted by atomic mass is 10.1. The van der Waals surface area contributed by atoms with Crippen LogP contribution in [0.3, 0.4) is 0 Å². The summed E-state index contributed by atoms with van der Waals surface area (Å²) in [6.45, 7) is 1.27. The Morgan fingerprint density at radius 1 is 1.39 bits per heavy atom. The van der Waals surface area contributed by atoms with E-state index in [0.29, 0.717) is 11.3 Å². The summed E-state index contributed by atoms with van der Waals surface area (Å²) in [7, 11) is 0. The van der Waals surface area contributed by atoms with E-state index in [-0.39, 0.29) is 12.2 Å². The van der Waals surface area contributed by atoms with E-state index in [0.717, 1.165) is 0 Å². The molecule has 0 aliphatic carbocycles. The number of carboxylic acids is 1. The number of nitrogens with one attached hydrogen (secondary N) is 1. The van der Waals surface area contributed by atoms with Crippen LogP contribution >= 0.6 is 0 Å². The first-order chi connectivity index (χ1) is 8.40. The number of imide groups is 1. The fraction of sp³-hybridized carbons (Fsp3) is 0.182. The molecule has 0 radical (unpaired) electrons. The van der Waals surface area contributed by atoms with Crippen LogP contribution in [0.15, 0.2) is 18.2 Å². The second-order valence-corrected chi connectivity index (χ2v) is 3.49. The zero-order valence-electron chi connectivity index (χ0n) is 9.60. The van der Waals surface area contributed by atoms with Crippen molar-refractivity contribution in [1.82, 2.24) is 5.32 Å². The number of aromatic carboxylic acids is 1. The molecule has 0 aliphatic rings. The molecule has 0 heterocycles. The van der Waals surface area contributed by atoms with Gasteiger partial charge in [0, 0.05) is 0 Å². The van der Waals surface area contributed by atoms with Gasteiger partial charge in [-0.25, -0.2) is 9.59 Å². The van der Waals surface area contributed by atoms with E-state index in [2.05, 4.69) is 0 Å². The maximum atomic E-state index is 11.1. The van der Waals surface area contributed by atoms with Gasteiger partial charge in [0.1, 0.15) is 5.75 Å². The Morgan fingerprint density at radius 3 is 2.56 bits per heavy atom. The van der Waals surface area contributed by atoms with Gasteiger partial charge in [0.15, 0.2) is 6.61 Å². The number of ether oxygens (including phenoxy) is 1. The van der Waals surface area contributed by atoms with Crippen LogP contribution in [-0.2, 0) is 4.79 Å². The zero-order valence-corrected chi connectivity index (χ0v) is 9.60. The number of carbonyl (C=O) groups excluding carboxylic acids is 2. The Hall–Kier alpha value is -2.57. The van der Waals surface area contributed by atoms with Gasteiger partial charge in [-0.1, -0.05) is 0 Å². The molecule has 4 N–H and O–H groups in total. The maximum absolute atomic E-state index is 11.1. The Kier molecular flexibility index (Phi) is 4.25. The van der Waals surface area contributed by atoms with Gasteiger partial charge in [-0.2, -0.15) is 0 Å². The molecular formula is C11H12N2O5. The third-order valence-electron chi connectivity index (χ3n) is 2.04. The number of carboxylic acid groups (broad SMARTS) is 1. The van der Waals surface area contributed by atoms with Crippen molar-refractivity contribution in [3.8, 4) is 5.75 Å². The van der Waals surface area contributed by atoms with E-state index in [9.17, 15) is 14.4 Å². The lowest BCUT2D eigenvalue weighted by Gasteiger charge is -2.08. The number of hydrogen-bond donors (Lipinski definition) is 3. The van der Waals surface area contributed by atoms with Gasteiger partial charge in [0.2, 0.25) is 0 Å². The molecule has 7 heteroatoms. The van der Waals surface area contributed by atoms with E-state index in [1.807, 2.05) is 5.32 Å². The molecule has 0 unspecified atom stereocenters. The van der Waals surface area contributed by atoms with Gasteiger partial charge in [-0.15, -0.1) is 0 Å². The number of rotatable bonds is 4. The summed E-state index contributed by atoms with van der Waals surface area (Å²) in [5.74, 6) is -1.36. The lowest BCUT2D eigenvalue weighted by Crippen LogP contribution is -2.38. The van der Waals surface area contributed by atoms with E-state index in [1.165, 1.54) is 18.2 Å². The van der Waals surface area contributed by atoms with Crippen molar-refractivity contribution in [2.75, 3.05) is 6.61 Å². The molecule has 18 heavy (non-hydrogen) atoms. The topological polar surface area (TPSA) is 119 Å². The minimum atomic E-state index is -1.05. The van der Waals surface area contributed by atoms with Crippen molar-refractivity contribution >= 4 is 17.9 Å². The summed E-state index contributed by atoms with van der Waals surface area (Å²) < 4.78 is 5.12. The summed E-state index contributed by atoms with van der Waals surface area (Å²) in [5.41, 5.74) is 5.45. The molecule has 96 valence electrons. The fourth-order valence-electron chi connectivity index (χ4n) is 1.26. The van der Waals surface area contributed by atoms with Gasteiger partial charge in [-0.3, -0.25) is 10.1 Å². The van der Waals surface area contributed by atoms with Crippen LogP contribution in [0.4, 0.5) is 4.79 Å². The van der Waals surface area contributed by atoms with Crippen molar-refractivity contribution in [2.45, 2.75) is 6.92 Å². The number of amides is 3. The van der Waals surface area contributed by atoms with E-state index >= 15 is 0 Å². The van der Waals surface area contributed by atoms with Gasteiger partial charge in [-0.05, 0) is 30.7 Å².